The van der Waals surface area contributed by atoms with Gasteiger partial charge in [0.2, 0.25) is 5.91 Å². The summed E-state index contributed by atoms with van der Waals surface area (Å²) in [4.78, 5) is 12.9. The molecule has 1 heterocycles. The molecule has 1 atom stereocenters. The molecule has 1 aromatic rings. The smallest absolute Gasteiger partial charge is 0.223 e. The van der Waals surface area contributed by atoms with E-state index in [1.165, 1.54) is 6.92 Å². The number of carbonyl (C=O) groups is 1. The lowest BCUT2D eigenvalue weighted by atomic mass is 10.2. The van der Waals surface area contributed by atoms with Crippen LogP contribution in [0.25, 0.3) is 0 Å². The van der Waals surface area contributed by atoms with Gasteiger partial charge < -0.3 is 14.4 Å². The lowest BCUT2D eigenvalue weighted by Crippen LogP contribution is -2.23. The van der Waals surface area contributed by atoms with Crippen LogP contribution in [0.3, 0.4) is 0 Å². The molecule has 1 fully saturated rings. The minimum absolute atomic E-state index is 0.0151. The number of para-hydroxylation sites is 2. The zero-order valence-electron chi connectivity index (χ0n) is 9.47. The molecule has 0 radical (unpaired) electrons. The number of hydrogen-bond acceptors (Lipinski definition) is 3. The van der Waals surface area contributed by atoms with E-state index >= 15 is 0 Å². The SMILES string of the molecule is CC(=O)N(C)c1ccccc1OCC1CO1. The number of epoxide rings is 1. The molecular weight excluding hydrogens is 206 g/mol. The molecule has 86 valence electrons. The number of rotatable bonds is 4. The van der Waals surface area contributed by atoms with E-state index in [9.17, 15) is 4.79 Å². The molecule has 0 aliphatic carbocycles. The summed E-state index contributed by atoms with van der Waals surface area (Å²) in [6, 6.07) is 7.50. The molecular formula is C12H15NO3. The molecule has 4 heteroatoms. The van der Waals surface area contributed by atoms with Gasteiger partial charge in [0, 0.05) is 14.0 Å². The second-order valence-electron chi connectivity index (χ2n) is 3.81. The molecule has 1 aromatic carbocycles. The number of benzene rings is 1. The van der Waals surface area contributed by atoms with E-state index in [1.54, 1.807) is 11.9 Å². The summed E-state index contributed by atoms with van der Waals surface area (Å²) in [6.07, 6.45) is 0.218. The Balaban J connectivity index is 2.11. The van der Waals surface area contributed by atoms with Gasteiger partial charge in [-0.2, -0.15) is 0 Å². The van der Waals surface area contributed by atoms with E-state index < -0.39 is 0 Å². The highest BCUT2D eigenvalue weighted by Gasteiger charge is 2.23. The van der Waals surface area contributed by atoms with Crippen LogP contribution in [0.1, 0.15) is 6.92 Å². The quantitative estimate of drug-likeness (QED) is 0.722. The highest BCUT2D eigenvalue weighted by Crippen LogP contribution is 2.28. The molecule has 16 heavy (non-hydrogen) atoms. The fraction of sp³-hybridized carbons (Fsp3) is 0.417. The number of nitrogens with zero attached hydrogens (tertiary/aromatic N) is 1. The van der Waals surface area contributed by atoms with Crippen LogP contribution in [-0.4, -0.2) is 32.3 Å². The average Bonchev–Trinajstić information content (AvgIpc) is 3.09. The van der Waals surface area contributed by atoms with Crippen molar-refractivity contribution in [2.45, 2.75) is 13.0 Å². The fourth-order valence-corrected chi connectivity index (χ4v) is 1.37. The van der Waals surface area contributed by atoms with E-state index in [0.29, 0.717) is 6.61 Å². The highest BCUT2D eigenvalue weighted by molar-refractivity contribution is 5.92. The van der Waals surface area contributed by atoms with Crippen LogP contribution in [0.4, 0.5) is 5.69 Å². The lowest BCUT2D eigenvalue weighted by molar-refractivity contribution is -0.116. The molecule has 1 amide bonds. The van der Waals surface area contributed by atoms with Crippen LogP contribution >= 0.6 is 0 Å². The summed E-state index contributed by atoms with van der Waals surface area (Å²) < 4.78 is 10.7. The Morgan fingerprint density at radius 3 is 2.88 bits per heavy atom. The summed E-state index contributed by atoms with van der Waals surface area (Å²) in [5.74, 6) is 0.703. The predicted octanol–water partition coefficient (Wildman–Crippen LogP) is 1.45. The molecule has 1 saturated heterocycles. The second-order valence-corrected chi connectivity index (χ2v) is 3.81. The molecule has 1 aliphatic heterocycles. The van der Waals surface area contributed by atoms with Crippen molar-refractivity contribution in [1.82, 2.24) is 0 Å². The Labute approximate surface area is 94.8 Å². The van der Waals surface area contributed by atoms with Gasteiger partial charge in [0.15, 0.2) is 0 Å². The maximum absolute atomic E-state index is 11.3. The van der Waals surface area contributed by atoms with Crippen molar-refractivity contribution >= 4 is 11.6 Å². The van der Waals surface area contributed by atoms with Crippen molar-refractivity contribution < 1.29 is 14.3 Å². The Morgan fingerprint density at radius 2 is 2.25 bits per heavy atom. The molecule has 1 aliphatic rings. The molecule has 0 aromatic heterocycles. The predicted molar refractivity (Wildman–Crippen MR) is 60.8 cm³/mol. The molecule has 0 spiro atoms. The summed E-state index contributed by atoms with van der Waals surface area (Å²) in [7, 11) is 1.73. The molecule has 4 nitrogen and oxygen atoms in total. The summed E-state index contributed by atoms with van der Waals surface area (Å²) in [6.45, 7) is 2.84. The topological polar surface area (TPSA) is 42.1 Å². The normalized spacial score (nSPS) is 18.0. The largest absolute Gasteiger partial charge is 0.489 e. The number of ether oxygens (including phenoxy) is 2. The molecule has 1 unspecified atom stereocenters. The van der Waals surface area contributed by atoms with Crippen molar-refractivity contribution in [3.05, 3.63) is 24.3 Å². The van der Waals surface area contributed by atoms with Crippen molar-refractivity contribution in [3.8, 4) is 5.75 Å². The van der Waals surface area contributed by atoms with Gasteiger partial charge >= 0.3 is 0 Å². The van der Waals surface area contributed by atoms with Crippen molar-refractivity contribution in [3.63, 3.8) is 0 Å². The van der Waals surface area contributed by atoms with E-state index in [4.69, 9.17) is 9.47 Å². The zero-order valence-corrected chi connectivity index (χ0v) is 9.47. The van der Waals surface area contributed by atoms with E-state index in [0.717, 1.165) is 18.0 Å². The fourth-order valence-electron chi connectivity index (χ4n) is 1.37. The van der Waals surface area contributed by atoms with Gasteiger partial charge in [-0.25, -0.2) is 0 Å². The first-order chi connectivity index (χ1) is 7.68. The van der Waals surface area contributed by atoms with Crippen LogP contribution in [0.5, 0.6) is 5.75 Å². The van der Waals surface area contributed by atoms with Crippen molar-refractivity contribution in [1.29, 1.82) is 0 Å². The first-order valence-corrected chi connectivity index (χ1v) is 5.26. The average molecular weight is 221 g/mol. The highest BCUT2D eigenvalue weighted by atomic mass is 16.6. The maximum Gasteiger partial charge on any atom is 0.223 e. The summed E-state index contributed by atoms with van der Waals surface area (Å²) >= 11 is 0. The van der Waals surface area contributed by atoms with Crippen LogP contribution in [0.2, 0.25) is 0 Å². The third-order valence-electron chi connectivity index (χ3n) is 2.53. The molecule has 0 N–H and O–H groups in total. The van der Waals surface area contributed by atoms with E-state index in [-0.39, 0.29) is 12.0 Å². The summed E-state index contributed by atoms with van der Waals surface area (Å²) in [5.41, 5.74) is 0.788. The Morgan fingerprint density at radius 1 is 1.56 bits per heavy atom. The first-order valence-electron chi connectivity index (χ1n) is 5.26. The van der Waals surface area contributed by atoms with Gasteiger partial charge in [-0.3, -0.25) is 4.79 Å². The minimum atomic E-state index is -0.0151. The second kappa shape index (κ2) is 4.53. The van der Waals surface area contributed by atoms with Crippen LogP contribution in [0.15, 0.2) is 24.3 Å². The van der Waals surface area contributed by atoms with Crippen molar-refractivity contribution in [2.75, 3.05) is 25.2 Å². The van der Waals surface area contributed by atoms with Crippen LogP contribution < -0.4 is 9.64 Å². The van der Waals surface area contributed by atoms with Crippen LogP contribution in [0, 0.1) is 0 Å². The molecule has 2 rings (SSSR count). The number of carbonyl (C=O) groups excluding carboxylic acids is 1. The van der Waals surface area contributed by atoms with Crippen molar-refractivity contribution in [2.24, 2.45) is 0 Å². The maximum atomic E-state index is 11.3. The first kappa shape index (κ1) is 11.0. The van der Waals surface area contributed by atoms with Gasteiger partial charge in [-0.1, -0.05) is 12.1 Å². The number of hydrogen-bond donors (Lipinski definition) is 0. The van der Waals surface area contributed by atoms with Gasteiger partial charge in [0.1, 0.15) is 18.5 Å². The van der Waals surface area contributed by atoms with Gasteiger partial charge in [0.05, 0.1) is 12.3 Å². The van der Waals surface area contributed by atoms with Gasteiger partial charge in [0.25, 0.3) is 0 Å². The third kappa shape index (κ3) is 2.52. The van der Waals surface area contributed by atoms with E-state index in [2.05, 4.69) is 0 Å². The Bertz CT molecular complexity index is 388. The zero-order chi connectivity index (χ0) is 11.5. The molecule has 0 bridgehead atoms. The van der Waals surface area contributed by atoms with Crippen LogP contribution in [-0.2, 0) is 9.53 Å². The van der Waals surface area contributed by atoms with Gasteiger partial charge in [-0.05, 0) is 12.1 Å². The molecule has 0 saturated carbocycles. The minimum Gasteiger partial charge on any atom is -0.489 e. The Kier molecular flexibility index (Phi) is 3.10. The van der Waals surface area contributed by atoms with Gasteiger partial charge in [-0.15, -0.1) is 0 Å². The monoisotopic (exact) mass is 221 g/mol. The summed E-state index contributed by atoms with van der Waals surface area (Å²) in [5, 5.41) is 0. The third-order valence-corrected chi connectivity index (χ3v) is 2.53. The Hall–Kier alpha value is -1.55. The number of anilines is 1. The lowest BCUT2D eigenvalue weighted by Gasteiger charge is -2.18. The van der Waals surface area contributed by atoms with E-state index in [1.807, 2.05) is 24.3 Å². The standard InChI is InChI=1S/C12H15NO3/c1-9(14)13(2)11-5-3-4-6-12(11)16-8-10-7-15-10/h3-6,10H,7-8H2,1-2H3. The number of amides is 1.